The van der Waals surface area contributed by atoms with Crippen LogP contribution in [0.4, 0.5) is 5.82 Å². The number of aryl methyl sites for hydroxylation is 1. The van der Waals surface area contributed by atoms with Gasteiger partial charge in [-0.3, -0.25) is 4.90 Å². The van der Waals surface area contributed by atoms with Crippen LogP contribution in [0, 0.1) is 6.92 Å². The van der Waals surface area contributed by atoms with E-state index in [1.807, 2.05) is 12.3 Å². The third-order valence-corrected chi connectivity index (χ3v) is 4.80. The van der Waals surface area contributed by atoms with Gasteiger partial charge in [-0.1, -0.05) is 6.07 Å². The van der Waals surface area contributed by atoms with Crippen molar-refractivity contribution in [3.8, 4) is 0 Å². The van der Waals surface area contributed by atoms with Gasteiger partial charge >= 0.3 is 0 Å². The van der Waals surface area contributed by atoms with Crippen LogP contribution in [0.15, 0.2) is 18.3 Å². The van der Waals surface area contributed by atoms with E-state index in [1.54, 1.807) is 0 Å². The summed E-state index contributed by atoms with van der Waals surface area (Å²) in [6.07, 6.45) is 4.47. The number of piperazine rings is 1. The van der Waals surface area contributed by atoms with Gasteiger partial charge in [0.05, 0.1) is 0 Å². The highest BCUT2D eigenvalue weighted by Gasteiger charge is 2.27. The molecule has 3 rings (SSSR count). The summed E-state index contributed by atoms with van der Waals surface area (Å²) >= 11 is 0. The summed E-state index contributed by atoms with van der Waals surface area (Å²) < 4.78 is 0. The van der Waals surface area contributed by atoms with Crippen LogP contribution < -0.4 is 4.90 Å². The fourth-order valence-corrected chi connectivity index (χ4v) is 3.44. The zero-order valence-electron chi connectivity index (χ0n) is 12.8. The molecule has 0 unspecified atom stereocenters. The maximum absolute atomic E-state index is 4.56. The Morgan fingerprint density at radius 1 is 1.05 bits per heavy atom. The summed E-state index contributed by atoms with van der Waals surface area (Å²) in [4.78, 5) is 12.1. The number of likely N-dealkylation sites (N-methyl/N-ethyl adjacent to an activating group) is 1. The first-order chi connectivity index (χ1) is 9.74. The standard InChI is InChI=1S/C16H26N4/c1-14-4-3-7-17-16(14)20-8-5-15(6-9-20)19-12-10-18(2)11-13-19/h3-4,7,15H,5-6,8-13H2,1-2H3. The number of rotatable bonds is 2. The quantitative estimate of drug-likeness (QED) is 0.817. The molecule has 110 valence electrons. The van der Waals surface area contributed by atoms with E-state index in [4.69, 9.17) is 0 Å². The van der Waals surface area contributed by atoms with Gasteiger partial charge in [0, 0.05) is 51.5 Å². The van der Waals surface area contributed by atoms with Crippen molar-refractivity contribution >= 4 is 5.82 Å². The number of hydrogen-bond acceptors (Lipinski definition) is 4. The summed E-state index contributed by atoms with van der Waals surface area (Å²) in [7, 11) is 2.23. The lowest BCUT2D eigenvalue weighted by atomic mass is 10.0. The topological polar surface area (TPSA) is 22.6 Å². The van der Waals surface area contributed by atoms with Gasteiger partial charge in [-0.05, 0) is 38.4 Å². The average Bonchev–Trinajstić information content (AvgIpc) is 2.49. The zero-order chi connectivity index (χ0) is 13.9. The lowest BCUT2D eigenvalue weighted by Gasteiger charge is -2.42. The maximum atomic E-state index is 4.56. The first kappa shape index (κ1) is 13.8. The van der Waals surface area contributed by atoms with E-state index in [0.29, 0.717) is 0 Å². The van der Waals surface area contributed by atoms with Crippen LogP contribution in [0.25, 0.3) is 0 Å². The molecule has 2 aliphatic rings. The molecule has 4 nitrogen and oxygen atoms in total. The predicted octanol–water partition coefficient (Wildman–Crippen LogP) is 1.61. The number of hydrogen-bond donors (Lipinski definition) is 0. The van der Waals surface area contributed by atoms with Crippen molar-refractivity contribution in [2.24, 2.45) is 0 Å². The number of piperidine rings is 1. The molecule has 0 spiro atoms. The van der Waals surface area contributed by atoms with E-state index in [0.717, 1.165) is 19.1 Å². The highest BCUT2D eigenvalue weighted by atomic mass is 15.3. The summed E-state index contributed by atoms with van der Waals surface area (Å²) in [6.45, 7) is 9.38. The van der Waals surface area contributed by atoms with Crippen LogP contribution in [0.1, 0.15) is 18.4 Å². The normalized spacial score (nSPS) is 23.2. The fraction of sp³-hybridized carbons (Fsp3) is 0.688. The monoisotopic (exact) mass is 274 g/mol. The van der Waals surface area contributed by atoms with E-state index >= 15 is 0 Å². The van der Waals surface area contributed by atoms with Gasteiger partial charge in [-0.15, -0.1) is 0 Å². The van der Waals surface area contributed by atoms with Crippen LogP contribution >= 0.6 is 0 Å². The molecule has 20 heavy (non-hydrogen) atoms. The van der Waals surface area contributed by atoms with Crippen molar-refractivity contribution in [2.75, 3.05) is 51.2 Å². The fourth-order valence-electron chi connectivity index (χ4n) is 3.44. The van der Waals surface area contributed by atoms with Crippen molar-refractivity contribution < 1.29 is 0 Å². The highest BCUT2D eigenvalue weighted by Crippen LogP contribution is 2.23. The Labute approximate surface area is 122 Å². The summed E-state index contributed by atoms with van der Waals surface area (Å²) in [5.41, 5.74) is 1.30. The Hall–Kier alpha value is -1.13. The molecule has 0 aliphatic carbocycles. The zero-order valence-corrected chi connectivity index (χ0v) is 12.8. The molecule has 2 aliphatic heterocycles. The second-order valence-corrected chi connectivity index (χ2v) is 6.20. The Morgan fingerprint density at radius 2 is 1.75 bits per heavy atom. The molecule has 0 N–H and O–H groups in total. The largest absolute Gasteiger partial charge is 0.356 e. The van der Waals surface area contributed by atoms with Gasteiger partial charge in [0.15, 0.2) is 0 Å². The maximum Gasteiger partial charge on any atom is 0.131 e. The number of nitrogens with zero attached hydrogens (tertiary/aromatic N) is 4. The molecular formula is C16H26N4. The molecule has 0 saturated carbocycles. The minimum atomic E-state index is 0.781. The lowest BCUT2D eigenvalue weighted by molar-refractivity contribution is 0.0981. The highest BCUT2D eigenvalue weighted by molar-refractivity contribution is 5.46. The molecule has 4 heteroatoms. The second kappa shape index (κ2) is 6.10. The first-order valence-corrected chi connectivity index (χ1v) is 7.83. The van der Waals surface area contributed by atoms with Crippen LogP contribution in [-0.2, 0) is 0 Å². The van der Waals surface area contributed by atoms with E-state index < -0.39 is 0 Å². The van der Waals surface area contributed by atoms with Crippen molar-refractivity contribution in [1.82, 2.24) is 14.8 Å². The van der Waals surface area contributed by atoms with Crippen molar-refractivity contribution in [3.63, 3.8) is 0 Å². The third-order valence-electron chi connectivity index (χ3n) is 4.80. The molecule has 3 heterocycles. The third kappa shape index (κ3) is 2.96. The van der Waals surface area contributed by atoms with Crippen LogP contribution in [-0.4, -0.2) is 67.1 Å². The van der Waals surface area contributed by atoms with E-state index in [-0.39, 0.29) is 0 Å². The summed E-state index contributed by atoms with van der Waals surface area (Å²) in [5.74, 6) is 1.18. The predicted molar refractivity (Wildman–Crippen MR) is 83.3 cm³/mol. The molecule has 0 amide bonds. The number of anilines is 1. The molecule has 2 fully saturated rings. The van der Waals surface area contributed by atoms with Gasteiger partial charge in [0.1, 0.15) is 5.82 Å². The number of pyridine rings is 1. The molecule has 0 bridgehead atoms. The second-order valence-electron chi connectivity index (χ2n) is 6.20. The Bertz CT molecular complexity index is 432. The summed E-state index contributed by atoms with van der Waals surface area (Å²) in [6, 6.07) is 4.97. The Morgan fingerprint density at radius 3 is 2.40 bits per heavy atom. The molecule has 1 aromatic heterocycles. The lowest BCUT2D eigenvalue weighted by Crippen LogP contribution is -2.52. The van der Waals surface area contributed by atoms with Gasteiger partial charge in [0.2, 0.25) is 0 Å². The molecule has 0 atom stereocenters. The molecular weight excluding hydrogens is 248 g/mol. The molecule has 0 aromatic carbocycles. The van der Waals surface area contributed by atoms with Crippen molar-refractivity contribution in [2.45, 2.75) is 25.8 Å². The Kier molecular flexibility index (Phi) is 4.22. The van der Waals surface area contributed by atoms with Crippen molar-refractivity contribution in [3.05, 3.63) is 23.9 Å². The van der Waals surface area contributed by atoms with Crippen LogP contribution in [0.5, 0.6) is 0 Å². The molecule has 1 aromatic rings. The minimum Gasteiger partial charge on any atom is -0.356 e. The summed E-state index contributed by atoms with van der Waals surface area (Å²) in [5, 5.41) is 0. The smallest absolute Gasteiger partial charge is 0.131 e. The van der Waals surface area contributed by atoms with Crippen molar-refractivity contribution in [1.29, 1.82) is 0 Å². The van der Waals surface area contributed by atoms with E-state index in [1.165, 1.54) is 50.4 Å². The van der Waals surface area contributed by atoms with Crippen LogP contribution in [0.2, 0.25) is 0 Å². The van der Waals surface area contributed by atoms with E-state index in [9.17, 15) is 0 Å². The SMILES string of the molecule is Cc1cccnc1N1CCC(N2CCN(C)CC2)CC1. The van der Waals surface area contributed by atoms with Gasteiger partial charge in [-0.25, -0.2) is 4.98 Å². The van der Waals surface area contributed by atoms with Crippen LogP contribution in [0.3, 0.4) is 0 Å². The minimum absolute atomic E-state index is 0.781. The van der Waals surface area contributed by atoms with E-state index in [2.05, 4.69) is 39.7 Å². The number of aromatic nitrogens is 1. The molecule has 0 radical (unpaired) electrons. The van der Waals surface area contributed by atoms with Gasteiger partial charge in [-0.2, -0.15) is 0 Å². The Balaban J connectivity index is 1.56. The average molecular weight is 274 g/mol. The first-order valence-electron chi connectivity index (χ1n) is 7.83. The molecule has 2 saturated heterocycles. The van der Waals surface area contributed by atoms with Gasteiger partial charge < -0.3 is 9.80 Å². The van der Waals surface area contributed by atoms with Gasteiger partial charge in [0.25, 0.3) is 0 Å².